The Labute approximate surface area is 128 Å². The van der Waals surface area contributed by atoms with Gasteiger partial charge in [0.25, 0.3) is 0 Å². The number of alkyl halides is 3. The van der Waals surface area contributed by atoms with Crippen molar-refractivity contribution in [1.82, 2.24) is 4.90 Å². The van der Waals surface area contributed by atoms with Crippen molar-refractivity contribution < 1.29 is 18.0 Å². The SMILES string of the molecule is CC1CCCN(C(=O)CCNc2ccccc2C(F)(F)F)C1. The number of hydrogen-bond donors (Lipinski definition) is 1. The second kappa shape index (κ2) is 7.03. The number of rotatable bonds is 4. The fourth-order valence-corrected chi connectivity index (χ4v) is 2.76. The van der Waals surface area contributed by atoms with Gasteiger partial charge in [-0.15, -0.1) is 0 Å². The van der Waals surface area contributed by atoms with E-state index in [-0.39, 0.29) is 24.6 Å². The molecule has 0 aromatic heterocycles. The number of carbonyl (C=O) groups excluding carboxylic acids is 1. The number of amides is 1. The fraction of sp³-hybridized carbons (Fsp3) is 0.562. The lowest BCUT2D eigenvalue weighted by Crippen LogP contribution is -2.39. The van der Waals surface area contributed by atoms with E-state index in [0.717, 1.165) is 32.0 Å². The molecule has 22 heavy (non-hydrogen) atoms. The molecule has 1 saturated heterocycles. The summed E-state index contributed by atoms with van der Waals surface area (Å²) in [4.78, 5) is 13.9. The van der Waals surface area contributed by atoms with Gasteiger partial charge in [-0.05, 0) is 30.9 Å². The van der Waals surface area contributed by atoms with Gasteiger partial charge in [-0.2, -0.15) is 13.2 Å². The number of benzene rings is 1. The second-order valence-electron chi connectivity index (χ2n) is 5.81. The van der Waals surface area contributed by atoms with E-state index in [1.165, 1.54) is 12.1 Å². The van der Waals surface area contributed by atoms with Crippen LogP contribution in [0.5, 0.6) is 0 Å². The molecule has 1 heterocycles. The molecule has 0 spiro atoms. The van der Waals surface area contributed by atoms with Gasteiger partial charge in [-0.3, -0.25) is 4.79 Å². The molecule has 0 aliphatic carbocycles. The lowest BCUT2D eigenvalue weighted by molar-refractivity contribution is -0.137. The summed E-state index contributed by atoms with van der Waals surface area (Å²) in [7, 11) is 0. The highest BCUT2D eigenvalue weighted by molar-refractivity contribution is 5.77. The molecular weight excluding hydrogens is 293 g/mol. The molecule has 1 aromatic carbocycles. The van der Waals surface area contributed by atoms with E-state index in [1.54, 1.807) is 6.07 Å². The molecule has 1 atom stereocenters. The number of carbonyl (C=O) groups is 1. The Bertz CT molecular complexity index is 516. The van der Waals surface area contributed by atoms with Crippen molar-refractivity contribution in [2.75, 3.05) is 25.0 Å². The average Bonchev–Trinajstić information content (AvgIpc) is 2.46. The summed E-state index contributed by atoms with van der Waals surface area (Å²) in [5.41, 5.74) is -0.677. The summed E-state index contributed by atoms with van der Waals surface area (Å²) in [6, 6.07) is 5.33. The van der Waals surface area contributed by atoms with Crippen LogP contribution in [-0.4, -0.2) is 30.4 Å². The Kier molecular flexibility index (Phi) is 5.32. The van der Waals surface area contributed by atoms with Gasteiger partial charge >= 0.3 is 6.18 Å². The quantitative estimate of drug-likeness (QED) is 0.917. The van der Waals surface area contributed by atoms with Crippen molar-refractivity contribution in [3.05, 3.63) is 29.8 Å². The Morgan fingerprint density at radius 3 is 2.77 bits per heavy atom. The Balaban J connectivity index is 1.88. The number of piperidine rings is 1. The molecule has 1 unspecified atom stereocenters. The molecule has 1 fully saturated rings. The Morgan fingerprint density at radius 1 is 1.36 bits per heavy atom. The fourth-order valence-electron chi connectivity index (χ4n) is 2.76. The molecule has 0 saturated carbocycles. The number of para-hydroxylation sites is 1. The van der Waals surface area contributed by atoms with Crippen LogP contribution in [0.3, 0.4) is 0 Å². The molecule has 1 aliphatic heterocycles. The minimum atomic E-state index is -4.39. The van der Waals surface area contributed by atoms with Gasteiger partial charge in [-0.25, -0.2) is 0 Å². The highest BCUT2D eigenvalue weighted by Gasteiger charge is 2.33. The van der Waals surface area contributed by atoms with Crippen LogP contribution in [0.25, 0.3) is 0 Å². The van der Waals surface area contributed by atoms with Crippen LogP contribution in [-0.2, 0) is 11.0 Å². The number of nitrogens with one attached hydrogen (secondary N) is 1. The molecular formula is C16H21F3N2O. The first-order valence-corrected chi connectivity index (χ1v) is 7.56. The summed E-state index contributed by atoms with van der Waals surface area (Å²) in [5, 5.41) is 2.73. The van der Waals surface area contributed by atoms with Gasteiger partial charge < -0.3 is 10.2 Å². The maximum absolute atomic E-state index is 12.9. The molecule has 1 N–H and O–H groups in total. The van der Waals surface area contributed by atoms with E-state index in [4.69, 9.17) is 0 Å². The predicted octanol–water partition coefficient (Wildman–Crippen LogP) is 3.77. The maximum Gasteiger partial charge on any atom is 0.418 e. The number of nitrogens with zero attached hydrogens (tertiary/aromatic N) is 1. The van der Waals surface area contributed by atoms with Crippen molar-refractivity contribution >= 4 is 11.6 Å². The van der Waals surface area contributed by atoms with Gasteiger partial charge in [0.1, 0.15) is 0 Å². The van der Waals surface area contributed by atoms with Crippen LogP contribution in [0.2, 0.25) is 0 Å². The molecule has 6 heteroatoms. The third kappa shape index (κ3) is 4.39. The van der Waals surface area contributed by atoms with E-state index in [1.807, 2.05) is 4.90 Å². The number of anilines is 1. The van der Waals surface area contributed by atoms with Crippen LogP contribution in [0.1, 0.15) is 31.7 Å². The third-order valence-electron chi connectivity index (χ3n) is 3.90. The van der Waals surface area contributed by atoms with Crippen molar-refractivity contribution in [3.8, 4) is 0 Å². The van der Waals surface area contributed by atoms with Gasteiger partial charge in [0.2, 0.25) is 5.91 Å². The number of hydrogen-bond acceptors (Lipinski definition) is 2. The van der Waals surface area contributed by atoms with E-state index in [0.29, 0.717) is 5.92 Å². The molecule has 0 radical (unpaired) electrons. The zero-order valence-electron chi connectivity index (χ0n) is 12.6. The summed E-state index contributed by atoms with van der Waals surface area (Å²) in [6.45, 7) is 3.81. The maximum atomic E-state index is 12.9. The summed E-state index contributed by atoms with van der Waals surface area (Å²) in [6.07, 6.45) is -2.06. The van der Waals surface area contributed by atoms with Crippen LogP contribution >= 0.6 is 0 Å². The Hall–Kier alpha value is -1.72. The monoisotopic (exact) mass is 314 g/mol. The van der Waals surface area contributed by atoms with Gasteiger partial charge in [0, 0.05) is 31.7 Å². The number of likely N-dealkylation sites (tertiary alicyclic amines) is 1. The second-order valence-corrected chi connectivity index (χ2v) is 5.81. The Morgan fingerprint density at radius 2 is 2.09 bits per heavy atom. The molecule has 1 aliphatic rings. The van der Waals surface area contributed by atoms with Crippen LogP contribution < -0.4 is 5.32 Å². The zero-order valence-corrected chi connectivity index (χ0v) is 12.6. The molecule has 1 aromatic rings. The number of halogens is 3. The van der Waals surface area contributed by atoms with E-state index >= 15 is 0 Å². The van der Waals surface area contributed by atoms with Crippen LogP contribution in [0, 0.1) is 5.92 Å². The topological polar surface area (TPSA) is 32.3 Å². The zero-order chi connectivity index (χ0) is 16.2. The average molecular weight is 314 g/mol. The minimum Gasteiger partial charge on any atom is -0.384 e. The van der Waals surface area contributed by atoms with Crippen molar-refractivity contribution in [1.29, 1.82) is 0 Å². The highest BCUT2D eigenvalue weighted by Crippen LogP contribution is 2.34. The predicted molar refractivity (Wildman–Crippen MR) is 79.5 cm³/mol. The summed E-state index contributed by atoms with van der Waals surface area (Å²) in [5.74, 6) is 0.500. The lowest BCUT2D eigenvalue weighted by atomic mass is 10.00. The first kappa shape index (κ1) is 16.6. The molecule has 0 bridgehead atoms. The van der Waals surface area contributed by atoms with Gasteiger partial charge in [-0.1, -0.05) is 19.1 Å². The lowest BCUT2D eigenvalue weighted by Gasteiger charge is -2.31. The standard InChI is InChI=1S/C16H21F3N2O/c1-12-5-4-10-21(11-12)15(22)8-9-20-14-7-3-2-6-13(14)16(17,18)19/h2-3,6-7,12,20H,4-5,8-11H2,1H3. The van der Waals surface area contributed by atoms with E-state index < -0.39 is 11.7 Å². The highest BCUT2D eigenvalue weighted by atomic mass is 19.4. The summed E-state index contributed by atoms with van der Waals surface area (Å²) >= 11 is 0. The largest absolute Gasteiger partial charge is 0.418 e. The first-order chi connectivity index (χ1) is 10.4. The normalized spacial score (nSPS) is 19.1. The van der Waals surface area contributed by atoms with Crippen molar-refractivity contribution in [3.63, 3.8) is 0 Å². The van der Waals surface area contributed by atoms with Gasteiger partial charge in [0.15, 0.2) is 0 Å². The molecule has 122 valence electrons. The minimum absolute atomic E-state index is 0.00328. The van der Waals surface area contributed by atoms with E-state index in [9.17, 15) is 18.0 Å². The van der Waals surface area contributed by atoms with Crippen molar-refractivity contribution in [2.45, 2.75) is 32.4 Å². The smallest absolute Gasteiger partial charge is 0.384 e. The summed E-state index contributed by atoms with van der Waals surface area (Å²) < 4.78 is 38.6. The molecule has 1 amide bonds. The van der Waals surface area contributed by atoms with E-state index in [2.05, 4.69) is 12.2 Å². The van der Waals surface area contributed by atoms with Crippen molar-refractivity contribution in [2.24, 2.45) is 5.92 Å². The first-order valence-electron chi connectivity index (χ1n) is 7.56. The van der Waals surface area contributed by atoms with Crippen LogP contribution in [0.15, 0.2) is 24.3 Å². The van der Waals surface area contributed by atoms with Gasteiger partial charge in [0.05, 0.1) is 5.56 Å². The molecule has 3 nitrogen and oxygen atoms in total. The van der Waals surface area contributed by atoms with Crippen LogP contribution in [0.4, 0.5) is 18.9 Å². The molecule has 2 rings (SSSR count). The third-order valence-corrected chi connectivity index (χ3v) is 3.90.